The van der Waals surface area contributed by atoms with Gasteiger partial charge in [0.05, 0.1) is 5.56 Å². The molecule has 26 heavy (non-hydrogen) atoms. The van der Waals surface area contributed by atoms with Crippen molar-refractivity contribution >= 4 is 18.1 Å². The molecule has 0 aliphatic carbocycles. The van der Waals surface area contributed by atoms with Gasteiger partial charge in [-0.15, -0.1) is 0 Å². The quantitative estimate of drug-likeness (QED) is 0.773. The van der Waals surface area contributed by atoms with E-state index in [2.05, 4.69) is 5.32 Å². The SMILES string of the molecule is Cc1c(OCc2cccc(NC(=O)OC(C)(C)C)c2)ccc(F)c1C=O. The minimum absolute atomic E-state index is 0.0113. The number of ether oxygens (including phenoxy) is 2. The fourth-order valence-corrected chi connectivity index (χ4v) is 2.30. The second-order valence-electron chi connectivity index (χ2n) is 6.82. The molecule has 0 spiro atoms. The van der Waals surface area contributed by atoms with Crippen LogP contribution in [0, 0.1) is 12.7 Å². The van der Waals surface area contributed by atoms with Crippen molar-refractivity contribution in [3.8, 4) is 5.75 Å². The van der Waals surface area contributed by atoms with Crippen LogP contribution >= 0.6 is 0 Å². The first-order valence-electron chi connectivity index (χ1n) is 8.15. The molecule has 0 unspecified atom stereocenters. The van der Waals surface area contributed by atoms with Gasteiger partial charge in [0.15, 0.2) is 6.29 Å². The Bertz CT molecular complexity index is 812. The lowest BCUT2D eigenvalue weighted by molar-refractivity contribution is 0.0635. The summed E-state index contributed by atoms with van der Waals surface area (Å²) in [6.07, 6.45) is -0.0660. The van der Waals surface area contributed by atoms with Gasteiger partial charge in [0.2, 0.25) is 0 Å². The van der Waals surface area contributed by atoms with E-state index in [9.17, 15) is 14.0 Å². The van der Waals surface area contributed by atoms with Gasteiger partial charge in [0, 0.05) is 11.3 Å². The summed E-state index contributed by atoms with van der Waals surface area (Å²) in [5, 5.41) is 2.66. The van der Waals surface area contributed by atoms with Crippen molar-refractivity contribution in [3.05, 3.63) is 58.9 Å². The number of carbonyl (C=O) groups excluding carboxylic acids is 2. The van der Waals surface area contributed by atoms with Crippen LogP contribution in [0.2, 0.25) is 0 Å². The maximum atomic E-state index is 13.5. The molecular formula is C20H22FNO4. The van der Waals surface area contributed by atoms with E-state index in [1.54, 1.807) is 45.9 Å². The Morgan fingerprint density at radius 3 is 2.62 bits per heavy atom. The van der Waals surface area contributed by atoms with Crippen molar-refractivity contribution in [3.63, 3.8) is 0 Å². The summed E-state index contributed by atoms with van der Waals surface area (Å²) in [6, 6.07) is 9.79. The highest BCUT2D eigenvalue weighted by molar-refractivity contribution is 5.85. The summed E-state index contributed by atoms with van der Waals surface area (Å²) in [5.41, 5.74) is 1.23. The molecule has 0 atom stereocenters. The normalized spacial score (nSPS) is 11.0. The Morgan fingerprint density at radius 1 is 1.23 bits per heavy atom. The molecule has 0 aliphatic rings. The number of carbonyl (C=O) groups is 2. The molecule has 0 aromatic heterocycles. The van der Waals surface area contributed by atoms with Gasteiger partial charge >= 0.3 is 6.09 Å². The lowest BCUT2D eigenvalue weighted by Crippen LogP contribution is -2.27. The lowest BCUT2D eigenvalue weighted by Gasteiger charge is -2.19. The molecule has 0 fully saturated rings. The average Bonchev–Trinajstić information content (AvgIpc) is 2.53. The van der Waals surface area contributed by atoms with Crippen molar-refractivity contribution in [1.82, 2.24) is 0 Å². The number of halogens is 1. The van der Waals surface area contributed by atoms with Crippen LogP contribution in [0.3, 0.4) is 0 Å². The lowest BCUT2D eigenvalue weighted by atomic mass is 10.1. The predicted octanol–water partition coefficient (Wildman–Crippen LogP) is 4.87. The summed E-state index contributed by atoms with van der Waals surface area (Å²) >= 11 is 0. The predicted molar refractivity (Wildman–Crippen MR) is 97.2 cm³/mol. The van der Waals surface area contributed by atoms with Gasteiger partial charge < -0.3 is 9.47 Å². The Balaban J connectivity index is 2.05. The maximum Gasteiger partial charge on any atom is 0.412 e. The molecule has 0 saturated carbocycles. The summed E-state index contributed by atoms with van der Waals surface area (Å²) in [6.45, 7) is 7.19. The Hall–Kier alpha value is -2.89. The fourth-order valence-electron chi connectivity index (χ4n) is 2.30. The molecule has 0 saturated heterocycles. The van der Waals surface area contributed by atoms with Crippen molar-refractivity contribution in [2.24, 2.45) is 0 Å². The molecule has 1 N–H and O–H groups in total. The summed E-state index contributed by atoms with van der Waals surface area (Å²) in [7, 11) is 0. The van der Waals surface area contributed by atoms with E-state index in [-0.39, 0.29) is 12.2 Å². The van der Waals surface area contributed by atoms with E-state index < -0.39 is 17.5 Å². The third-order valence-corrected chi connectivity index (χ3v) is 3.50. The molecule has 2 aromatic rings. The molecule has 5 nitrogen and oxygen atoms in total. The Morgan fingerprint density at radius 2 is 1.96 bits per heavy atom. The number of benzene rings is 2. The van der Waals surface area contributed by atoms with Gasteiger partial charge in [-0.3, -0.25) is 10.1 Å². The van der Waals surface area contributed by atoms with E-state index in [1.807, 2.05) is 6.07 Å². The number of nitrogens with one attached hydrogen (secondary N) is 1. The first kappa shape index (κ1) is 19.4. The molecule has 6 heteroatoms. The topological polar surface area (TPSA) is 64.6 Å². The van der Waals surface area contributed by atoms with Crippen LogP contribution in [0.15, 0.2) is 36.4 Å². The zero-order valence-electron chi connectivity index (χ0n) is 15.3. The van der Waals surface area contributed by atoms with Crippen molar-refractivity contribution in [2.75, 3.05) is 5.32 Å². The number of rotatable bonds is 5. The Kier molecular flexibility index (Phi) is 5.97. The van der Waals surface area contributed by atoms with Crippen LogP contribution < -0.4 is 10.1 Å². The molecule has 0 heterocycles. The van der Waals surface area contributed by atoms with Crippen LogP contribution in [-0.4, -0.2) is 18.0 Å². The van der Waals surface area contributed by atoms with Crippen LogP contribution in [0.1, 0.15) is 42.3 Å². The van der Waals surface area contributed by atoms with Gasteiger partial charge in [-0.25, -0.2) is 9.18 Å². The third kappa shape index (κ3) is 5.31. The molecule has 2 aromatic carbocycles. The monoisotopic (exact) mass is 359 g/mol. The molecular weight excluding hydrogens is 337 g/mol. The van der Waals surface area contributed by atoms with Gasteiger partial charge in [-0.2, -0.15) is 0 Å². The standard InChI is InChI=1S/C20H22FNO4/c1-13-16(11-23)17(21)8-9-18(13)25-12-14-6-5-7-15(10-14)22-19(24)26-20(2,3)4/h5-11H,12H2,1-4H3,(H,22,24). The van der Waals surface area contributed by atoms with Gasteiger partial charge in [0.25, 0.3) is 0 Å². The van der Waals surface area contributed by atoms with Crippen LogP contribution in [0.4, 0.5) is 14.9 Å². The zero-order chi connectivity index (χ0) is 19.3. The van der Waals surface area contributed by atoms with Crippen LogP contribution in [-0.2, 0) is 11.3 Å². The van der Waals surface area contributed by atoms with Crippen molar-refractivity contribution < 1.29 is 23.5 Å². The number of hydrogen-bond donors (Lipinski definition) is 1. The minimum Gasteiger partial charge on any atom is -0.489 e. The second-order valence-corrected chi connectivity index (χ2v) is 6.82. The third-order valence-electron chi connectivity index (χ3n) is 3.50. The van der Waals surface area contributed by atoms with E-state index in [0.717, 1.165) is 5.56 Å². The largest absolute Gasteiger partial charge is 0.489 e. The molecule has 2 rings (SSSR count). The molecule has 1 amide bonds. The van der Waals surface area contributed by atoms with Gasteiger partial charge in [-0.1, -0.05) is 12.1 Å². The number of amides is 1. The van der Waals surface area contributed by atoms with Crippen LogP contribution in [0.25, 0.3) is 0 Å². The van der Waals surface area contributed by atoms with E-state index in [4.69, 9.17) is 9.47 Å². The summed E-state index contributed by atoms with van der Waals surface area (Å²) in [4.78, 5) is 22.8. The zero-order valence-corrected chi connectivity index (χ0v) is 15.3. The highest BCUT2D eigenvalue weighted by Gasteiger charge is 2.16. The number of hydrogen-bond acceptors (Lipinski definition) is 4. The number of aldehydes is 1. The van der Waals surface area contributed by atoms with Crippen molar-refractivity contribution in [2.45, 2.75) is 39.9 Å². The molecule has 0 aliphatic heterocycles. The molecule has 138 valence electrons. The van der Waals surface area contributed by atoms with Crippen LogP contribution in [0.5, 0.6) is 5.75 Å². The second kappa shape index (κ2) is 7.99. The van der Waals surface area contributed by atoms with E-state index in [0.29, 0.717) is 23.3 Å². The van der Waals surface area contributed by atoms with Crippen molar-refractivity contribution in [1.29, 1.82) is 0 Å². The molecule has 0 radical (unpaired) electrons. The highest BCUT2D eigenvalue weighted by atomic mass is 19.1. The van der Waals surface area contributed by atoms with E-state index >= 15 is 0 Å². The van der Waals surface area contributed by atoms with Gasteiger partial charge in [0.1, 0.15) is 23.8 Å². The first-order chi connectivity index (χ1) is 12.2. The average molecular weight is 359 g/mol. The first-order valence-corrected chi connectivity index (χ1v) is 8.15. The summed E-state index contributed by atoms with van der Waals surface area (Å²) < 4.78 is 24.5. The molecule has 0 bridgehead atoms. The number of anilines is 1. The van der Waals surface area contributed by atoms with Gasteiger partial charge in [-0.05, 0) is 57.5 Å². The maximum absolute atomic E-state index is 13.5. The Labute approximate surface area is 152 Å². The van der Waals surface area contributed by atoms with E-state index in [1.165, 1.54) is 12.1 Å². The minimum atomic E-state index is -0.582. The highest BCUT2D eigenvalue weighted by Crippen LogP contribution is 2.24. The summed E-state index contributed by atoms with van der Waals surface area (Å²) in [5.74, 6) is -0.146. The smallest absolute Gasteiger partial charge is 0.412 e. The fraction of sp³-hybridized carbons (Fsp3) is 0.300.